The maximum Gasteiger partial charge on any atom is 0.286 e. The summed E-state index contributed by atoms with van der Waals surface area (Å²) in [6, 6.07) is -2.33. The van der Waals surface area contributed by atoms with Crippen LogP contribution in [0.4, 0.5) is 8.78 Å². The Bertz CT molecular complexity index is 616. The quantitative estimate of drug-likeness (QED) is 0.620. The first kappa shape index (κ1) is 19.4. The molecule has 1 aromatic rings. The minimum absolute atomic E-state index is 0.182. The molecule has 25 heavy (non-hydrogen) atoms. The van der Waals surface area contributed by atoms with E-state index in [1.807, 2.05) is 0 Å². The molecule has 0 unspecified atom stereocenters. The van der Waals surface area contributed by atoms with E-state index < -0.39 is 36.1 Å². The van der Waals surface area contributed by atoms with E-state index in [4.69, 9.17) is 10.2 Å². The molecule has 1 amide bonds. The smallest absolute Gasteiger partial charge is 0.286 e. The van der Waals surface area contributed by atoms with Crippen LogP contribution in [-0.4, -0.2) is 39.9 Å². The number of alkyl halides is 2. The first-order valence-electron chi connectivity index (χ1n) is 8.58. The molecule has 2 rings (SSSR count). The summed E-state index contributed by atoms with van der Waals surface area (Å²) < 4.78 is 32.5. The molecule has 1 saturated carbocycles. The van der Waals surface area contributed by atoms with Crippen LogP contribution in [0.25, 0.3) is 0 Å². The highest BCUT2D eigenvalue weighted by Crippen LogP contribution is 2.39. The first-order valence-corrected chi connectivity index (χ1v) is 8.58. The molecular formula is C16H24F2N4O3. The molecule has 1 aliphatic carbocycles. The average Bonchev–Trinajstić information content (AvgIpc) is 3.28. The van der Waals surface area contributed by atoms with Crippen LogP contribution in [0.5, 0.6) is 0 Å². The summed E-state index contributed by atoms with van der Waals surface area (Å²) in [6.07, 6.45) is 1.34. The summed E-state index contributed by atoms with van der Waals surface area (Å²) >= 11 is 0. The van der Waals surface area contributed by atoms with Gasteiger partial charge in [0, 0.05) is 18.8 Å². The number of ketones is 1. The Morgan fingerprint density at radius 3 is 2.60 bits per heavy atom. The number of carbonyl (C=O) groups is 2. The number of carbonyl (C=O) groups excluding carboxylic acids is 2. The summed E-state index contributed by atoms with van der Waals surface area (Å²) in [7, 11) is 0. The molecule has 1 fully saturated rings. The fraction of sp³-hybridized carbons (Fsp3) is 0.750. The Kier molecular flexibility index (Phi) is 6.21. The van der Waals surface area contributed by atoms with E-state index in [1.54, 1.807) is 13.8 Å². The van der Waals surface area contributed by atoms with E-state index in [0.717, 1.165) is 12.8 Å². The van der Waals surface area contributed by atoms with Gasteiger partial charge in [0.25, 0.3) is 5.89 Å². The minimum atomic E-state index is -3.01. The van der Waals surface area contributed by atoms with Gasteiger partial charge in [0.2, 0.25) is 23.5 Å². The van der Waals surface area contributed by atoms with Crippen LogP contribution in [0.15, 0.2) is 4.42 Å². The summed E-state index contributed by atoms with van der Waals surface area (Å²) in [5.41, 5.74) is 5.57. The standard InChI is InChI=1S/C16H24F2N4O3/c1-3-7-16(17,18)8-10(19)13(24)20-11(4-2)12(23)15-22-21-14(25-15)9-5-6-9/h9-11H,3-8,19H2,1-2H3,(H,20,24)/t10-,11-/m0/s1. The number of nitrogens with zero attached hydrogens (tertiary/aromatic N) is 2. The van der Waals surface area contributed by atoms with E-state index in [-0.39, 0.29) is 31.1 Å². The van der Waals surface area contributed by atoms with Crippen LogP contribution in [0.3, 0.4) is 0 Å². The van der Waals surface area contributed by atoms with Crippen LogP contribution in [0.1, 0.15) is 74.9 Å². The molecule has 1 aromatic heterocycles. The topological polar surface area (TPSA) is 111 Å². The zero-order chi connectivity index (χ0) is 18.6. The van der Waals surface area contributed by atoms with Crippen molar-refractivity contribution in [2.24, 2.45) is 5.73 Å². The fourth-order valence-electron chi connectivity index (χ4n) is 2.49. The van der Waals surface area contributed by atoms with Crippen LogP contribution >= 0.6 is 0 Å². The van der Waals surface area contributed by atoms with Crippen LogP contribution in [0.2, 0.25) is 0 Å². The van der Waals surface area contributed by atoms with Gasteiger partial charge in [-0.3, -0.25) is 9.59 Å². The summed E-state index contributed by atoms with van der Waals surface area (Å²) in [5.74, 6) is -3.90. The van der Waals surface area contributed by atoms with Gasteiger partial charge < -0.3 is 15.5 Å². The summed E-state index contributed by atoms with van der Waals surface area (Å²) in [6.45, 7) is 3.31. The second-order valence-corrected chi connectivity index (χ2v) is 6.47. The normalized spacial score (nSPS) is 17.2. The van der Waals surface area contributed by atoms with Gasteiger partial charge in [-0.25, -0.2) is 8.78 Å². The lowest BCUT2D eigenvalue weighted by atomic mass is 10.0. The minimum Gasteiger partial charge on any atom is -0.418 e. The van der Waals surface area contributed by atoms with Crippen molar-refractivity contribution in [3.05, 3.63) is 11.8 Å². The Balaban J connectivity index is 1.94. The van der Waals surface area contributed by atoms with Crippen LogP contribution in [0, 0.1) is 0 Å². The third-order valence-electron chi connectivity index (χ3n) is 4.09. The van der Waals surface area contributed by atoms with Crippen LogP contribution < -0.4 is 11.1 Å². The fourth-order valence-corrected chi connectivity index (χ4v) is 2.49. The highest BCUT2D eigenvalue weighted by Gasteiger charge is 2.35. The Labute approximate surface area is 144 Å². The molecular weight excluding hydrogens is 334 g/mol. The second kappa shape index (κ2) is 7.99. The number of rotatable bonds is 10. The van der Waals surface area contributed by atoms with E-state index >= 15 is 0 Å². The van der Waals surface area contributed by atoms with Gasteiger partial charge in [-0.2, -0.15) is 0 Å². The number of nitrogens with two attached hydrogens (primary N) is 1. The Hall–Kier alpha value is -1.90. The van der Waals surface area contributed by atoms with Crippen LogP contribution in [-0.2, 0) is 4.79 Å². The van der Waals surface area contributed by atoms with Crippen molar-refractivity contribution in [2.45, 2.75) is 76.3 Å². The largest absolute Gasteiger partial charge is 0.418 e. The van der Waals surface area contributed by atoms with Crippen molar-refractivity contribution in [3.8, 4) is 0 Å². The molecule has 0 saturated heterocycles. The van der Waals surface area contributed by atoms with Gasteiger partial charge in [-0.15, -0.1) is 10.2 Å². The molecule has 0 radical (unpaired) electrons. The maximum atomic E-state index is 13.6. The molecule has 3 N–H and O–H groups in total. The van der Waals surface area contributed by atoms with Gasteiger partial charge in [-0.1, -0.05) is 20.3 Å². The molecule has 0 spiro atoms. The predicted molar refractivity (Wildman–Crippen MR) is 85.3 cm³/mol. The molecule has 7 nitrogen and oxygen atoms in total. The number of amides is 1. The third kappa shape index (κ3) is 5.29. The molecule has 0 bridgehead atoms. The Morgan fingerprint density at radius 1 is 1.36 bits per heavy atom. The van der Waals surface area contributed by atoms with Crippen molar-refractivity contribution in [1.29, 1.82) is 0 Å². The van der Waals surface area contributed by atoms with Crippen molar-refractivity contribution in [1.82, 2.24) is 15.5 Å². The first-order chi connectivity index (χ1) is 11.8. The maximum absolute atomic E-state index is 13.6. The lowest BCUT2D eigenvalue weighted by Gasteiger charge is -2.21. The van der Waals surface area contributed by atoms with E-state index in [1.165, 1.54) is 0 Å². The van der Waals surface area contributed by atoms with Crippen molar-refractivity contribution >= 4 is 11.7 Å². The lowest BCUT2D eigenvalue weighted by Crippen LogP contribution is -2.50. The van der Waals surface area contributed by atoms with E-state index in [9.17, 15) is 18.4 Å². The van der Waals surface area contributed by atoms with E-state index in [0.29, 0.717) is 5.89 Å². The predicted octanol–water partition coefficient (Wildman–Crippen LogP) is 2.18. The number of hydrogen-bond acceptors (Lipinski definition) is 6. The van der Waals surface area contributed by atoms with E-state index in [2.05, 4.69) is 15.5 Å². The number of Topliss-reactive ketones (excluding diaryl/α,β-unsaturated/α-hetero) is 1. The lowest BCUT2D eigenvalue weighted by molar-refractivity contribution is -0.125. The summed E-state index contributed by atoms with van der Waals surface area (Å²) in [5, 5.41) is 9.95. The average molecular weight is 358 g/mol. The van der Waals surface area contributed by atoms with Crippen molar-refractivity contribution in [3.63, 3.8) is 0 Å². The SMILES string of the molecule is CCCC(F)(F)C[C@H](N)C(=O)N[C@@H](CC)C(=O)c1nnc(C2CC2)o1. The zero-order valence-corrected chi connectivity index (χ0v) is 14.4. The van der Waals surface area contributed by atoms with Gasteiger partial charge in [0.05, 0.1) is 12.1 Å². The second-order valence-electron chi connectivity index (χ2n) is 6.47. The molecule has 140 valence electrons. The van der Waals surface area contributed by atoms with Gasteiger partial charge in [0.1, 0.15) is 0 Å². The number of hydrogen-bond donors (Lipinski definition) is 2. The molecule has 9 heteroatoms. The molecule has 2 atom stereocenters. The van der Waals surface area contributed by atoms with Gasteiger partial charge in [0.15, 0.2) is 0 Å². The third-order valence-corrected chi connectivity index (χ3v) is 4.09. The molecule has 1 aliphatic rings. The highest BCUT2D eigenvalue weighted by atomic mass is 19.3. The molecule has 0 aliphatic heterocycles. The van der Waals surface area contributed by atoms with Gasteiger partial charge >= 0.3 is 0 Å². The zero-order valence-electron chi connectivity index (χ0n) is 14.4. The molecule has 0 aromatic carbocycles. The highest BCUT2D eigenvalue weighted by molar-refractivity contribution is 5.98. The van der Waals surface area contributed by atoms with Gasteiger partial charge in [-0.05, 0) is 19.3 Å². The monoisotopic (exact) mass is 358 g/mol. The Morgan fingerprint density at radius 2 is 2.04 bits per heavy atom. The van der Waals surface area contributed by atoms with Crippen molar-refractivity contribution < 1.29 is 22.8 Å². The summed E-state index contributed by atoms with van der Waals surface area (Å²) in [4.78, 5) is 24.4. The molecule has 1 heterocycles. The number of halogens is 2. The number of nitrogens with one attached hydrogen (secondary N) is 1. The van der Waals surface area contributed by atoms with Crippen molar-refractivity contribution in [2.75, 3.05) is 0 Å². The number of aromatic nitrogens is 2.